The van der Waals surface area contributed by atoms with Crippen molar-refractivity contribution in [2.75, 3.05) is 29.4 Å². The molecule has 2 fully saturated rings. The van der Waals surface area contributed by atoms with Gasteiger partial charge in [0.15, 0.2) is 0 Å². The van der Waals surface area contributed by atoms with Gasteiger partial charge >= 0.3 is 6.03 Å². The number of anilines is 2. The normalized spacial score (nSPS) is 19.5. The van der Waals surface area contributed by atoms with E-state index in [-0.39, 0.29) is 24.4 Å². The van der Waals surface area contributed by atoms with Crippen molar-refractivity contribution in [2.45, 2.75) is 18.9 Å². The van der Waals surface area contributed by atoms with Gasteiger partial charge in [-0.05, 0) is 43.2 Å². The molecule has 144 valence electrons. The highest BCUT2D eigenvalue weighted by Gasteiger charge is 2.28. The number of nitrogens with one attached hydrogen (secondary N) is 2. The van der Waals surface area contributed by atoms with E-state index in [1.54, 1.807) is 42.7 Å². The van der Waals surface area contributed by atoms with E-state index < -0.39 is 6.03 Å². The molecule has 0 saturated carbocycles. The average Bonchev–Trinajstić information content (AvgIpc) is 3.07. The Morgan fingerprint density at radius 3 is 2.57 bits per heavy atom. The summed E-state index contributed by atoms with van der Waals surface area (Å²) in [4.78, 5) is 47.6. The Morgan fingerprint density at radius 1 is 1.14 bits per heavy atom. The smallest absolute Gasteiger partial charge is 0.329 e. The van der Waals surface area contributed by atoms with Crippen molar-refractivity contribution in [1.82, 2.24) is 20.6 Å². The van der Waals surface area contributed by atoms with Crippen LogP contribution < -0.4 is 20.4 Å². The van der Waals surface area contributed by atoms with Crippen LogP contribution in [0.4, 0.5) is 16.4 Å². The molecule has 4 amide bonds. The number of amides is 4. The number of hydrogen-bond acceptors (Lipinski definition) is 6. The summed E-state index contributed by atoms with van der Waals surface area (Å²) in [5.74, 6) is 0.162. The van der Waals surface area contributed by atoms with Crippen molar-refractivity contribution in [3.63, 3.8) is 0 Å². The number of benzene rings is 1. The molecular weight excluding hydrogens is 360 g/mol. The summed E-state index contributed by atoms with van der Waals surface area (Å²) in [6.45, 7) is 1.51. The summed E-state index contributed by atoms with van der Waals surface area (Å²) in [5, 5.41) is 5.28. The molecule has 2 N–H and O–H groups in total. The maximum Gasteiger partial charge on any atom is 0.329 e. The molecule has 0 aliphatic carbocycles. The standard InChI is InChI=1S/C19H20N6O3/c26-16-12-25(19(28)23-16)15-6-4-13(5-7-15)17(27)22-14-3-1-10-24(11-14)18-20-8-2-9-21-18/h2,4-9,14H,1,3,10-12H2,(H,22,27)(H,23,26,28). The van der Waals surface area contributed by atoms with E-state index in [2.05, 4.69) is 25.5 Å². The van der Waals surface area contributed by atoms with Gasteiger partial charge in [-0.1, -0.05) is 0 Å². The van der Waals surface area contributed by atoms with Crippen LogP contribution in [0.25, 0.3) is 0 Å². The zero-order chi connectivity index (χ0) is 19.5. The first-order valence-corrected chi connectivity index (χ1v) is 9.14. The number of urea groups is 1. The van der Waals surface area contributed by atoms with Gasteiger partial charge < -0.3 is 10.2 Å². The maximum atomic E-state index is 12.6. The monoisotopic (exact) mass is 380 g/mol. The zero-order valence-electron chi connectivity index (χ0n) is 15.2. The second-order valence-electron chi connectivity index (χ2n) is 6.79. The predicted molar refractivity (Wildman–Crippen MR) is 102 cm³/mol. The molecular formula is C19H20N6O3. The average molecular weight is 380 g/mol. The third kappa shape index (κ3) is 3.78. The quantitative estimate of drug-likeness (QED) is 0.764. The SMILES string of the molecule is O=C1CN(c2ccc(C(=O)NC3CCCN(c4ncccn4)C3)cc2)C(=O)N1. The van der Waals surface area contributed by atoms with E-state index in [0.29, 0.717) is 23.7 Å². The molecule has 28 heavy (non-hydrogen) atoms. The minimum Gasteiger partial charge on any atom is -0.348 e. The lowest BCUT2D eigenvalue weighted by molar-refractivity contribution is -0.117. The van der Waals surface area contributed by atoms with Crippen LogP contribution in [0.5, 0.6) is 0 Å². The van der Waals surface area contributed by atoms with Gasteiger partial charge in [0, 0.05) is 42.8 Å². The van der Waals surface area contributed by atoms with Gasteiger partial charge in [-0.25, -0.2) is 14.8 Å². The van der Waals surface area contributed by atoms with Crippen molar-refractivity contribution in [2.24, 2.45) is 0 Å². The van der Waals surface area contributed by atoms with Gasteiger partial charge in [-0.2, -0.15) is 0 Å². The lowest BCUT2D eigenvalue weighted by Crippen LogP contribution is -2.48. The Hall–Kier alpha value is -3.49. The Balaban J connectivity index is 1.38. The van der Waals surface area contributed by atoms with Gasteiger partial charge in [0.25, 0.3) is 5.91 Å². The molecule has 0 radical (unpaired) electrons. The number of nitrogens with zero attached hydrogens (tertiary/aromatic N) is 4. The third-order valence-corrected chi connectivity index (χ3v) is 4.83. The fourth-order valence-electron chi connectivity index (χ4n) is 3.44. The summed E-state index contributed by atoms with van der Waals surface area (Å²) in [5.41, 5.74) is 1.08. The van der Waals surface area contributed by atoms with Gasteiger partial charge in [-0.15, -0.1) is 0 Å². The fraction of sp³-hybridized carbons (Fsp3) is 0.316. The summed E-state index contributed by atoms with van der Waals surface area (Å²) >= 11 is 0. The van der Waals surface area contributed by atoms with E-state index in [1.165, 1.54) is 4.90 Å². The van der Waals surface area contributed by atoms with Crippen LogP contribution in [-0.4, -0.2) is 53.5 Å². The van der Waals surface area contributed by atoms with Gasteiger partial charge in [0.2, 0.25) is 11.9 Å². The van der Waals surface area contributed by atoms with Gasteiger partial charge in [0.1, 0.15) is 6.54 Å². The Kier molecular flexibility index (Phi) is 4.88. The van der Waals surface area contributed by atoms with Crippen molar-refractivity contribution in [3.05, 3.63) is 48.3 Å². The summed E-state index contributed by atoms with van der Waals surface area (Å²) < 4.78 is 0. The topological polar surface area (TPSA) is 108 Å². The van der Waals surface area contributed by atoms with Crippen molar-refractivity contribution >= 4 is 29.5 Å². The third-order valence-electron chi connectivity index (χ3n) is 4.83. The molecule has 1 aromatic carbocycles. The molecule has 1 atom stereocenters. The predicted octanol–water partition coefficient (Wildman–Crippen LogP) is 0.932. The molecule has 4 rings (SSSR count). The number of hydrogen-bond donors (Lipinski definition) is 2. The molecule has 9 heteroatoms. The zero-order valence-corrected chi connectivity index (χ0v) is 15.2. The summed E-state index contributed by atoms with van der Waals surface area (Å²) in [7, 11) is 0. The maximum absolute atomic E-state index is 12.6. The highest BCUT2D eigenvalue weighted by Crippen LogP contribution is 2.19. The van der Waals surface area contributed by atoms with E-state index in [4.69, 9.17) is 0 Å². The van der Waals surface area contributed by atoms with E-state index in [0.717, 1.165) is 19.4 Å². The number of rotatable bonds is 4. The largest absolute Gasteiger partial charge is 0.348 e. The van der Waals surface area contributed by atoms with Crippen molar-refractivity contribution in [1.29, 1.82) is 0 Å². The Bertz CT molecular complexity index is 886. The van der Waals surface area contributed by atoms with Crippen LogP contribution in [0.3, 0.4) is 0 Å². The van der Waals surface area contributed by atoms with Crippen molar-refractivity contribution in [3.8, 4) is 0 Å². The molecule has 2 aliphatic rings. The highest BCUT2D eigenvalue weighted by atomic mass is 16.2. The lowest BCUT2D eigenvalue weighted by atomic mass is 10.1. The molecule has 9 nitrogen and oxygen atoms in total. The Morgan fingerprint density at radius 2 is 1.89 bits per heavy atom. The molecule has 1 aromatic heterocycles. The van der Waals surface area contributed by atoms with Crippen LogP contribution in [0.2, 0.25) is 0 Å². The van der Waals surface area contributed by atoms with Crippen LogP contribution >= 0.6 is 0 Å². The molecule has 1 unspecified atom stereocenters. The van der Waals surface area contributed by atoms with Crippen LogP contribution in [0, 0.1) is 0 Å². The first kappa shape index (κ1) is 17.9. The van der Waals surface area contributed by atoms with Crippen LogP contribution in [0.1, 0.15) is 23.2 Å². The molecule has 2 aromatic rings. The molecule has 3 heterocycles. The van der Waals surface area contributed by atoms with Gasteiger partial charge in [-0.3, -0.25) is 19.8 Å². The number of piperidine rings is 1. The minimum absolute atomic E-state index is 0.00622. The lowest BCUT2D eigenvalue weighted by Gasteiger charge is -2.33. The van der Waals surface area contributed by atoms with Gasteiger partial charge in [0.05, 0.1) is 0 Å². The first-order valence-electron chi connectivity index (χ1n) is 9.14. The van der Waals surface area contributed by atoms with Crippen molar-refractivity contribution < 1.29 is 14.4 Å². The molecule has 0 bridgehead atoms. The molecule has 0 spiro atoms. The number of imide groups is 1. The summed E-state index contributed by atoms with van der Waals surface area (Å²) in [6.07, 6.45) is 5.25. The number of carbonyl (C=O) groups is 3. The van der Waals surface area contributed by atoms with Crippen LogP contribution in [-0.2, 0) is 4.79 Å². The Labute approximate surface area is 161 Å². The number of carbonyl (C=O) groups excluding carboxylic acids is 3. The first-order chi connectivity index (χ1) is 13.6. The second-order valence-corrected chi connectivity index (χ2v) is 6.79. The molecule has 2 saturated heterocycles. The minimum atomic E-state index is -0.451. The number of aromatic nitrogens is 2. The summed E-state index contributed by atoms with van der Waals surface area (Å²) in [6, 6.07) is 7.97. The van der Waals surface area contributed by atoms with E-state index in [9.17, 15) is 14.4 Å². The van der Waals surface area contributed by atoms with Crippen LogP contribution in [0.15, 0.2) is 42.7 Å². The van der Waals surface area contributed by atoms with E-state index in [1.807, 2.05) is 0 Å². The fourth-order valence-corrected chi connectivity index (χ4v) is 3.44. The van der Waals surface area contributed by atoms with E-state index >= 15 is 0 Å². The molecule has 2 aliphatic heterocycles. The highest BCUT2D eigenvalue weighted by molar-refractivity contribution is 6.12. The second kappa shape index (κ2) is 7.63.